The number of anilines is 1. The molecule has 0 saturated carbocycles. The van der Waals surface area contributed by atoms with E-state index in [9.17, 15) is 4.39 Å². The summed E-state index contributed by atoms with van der Waals surface area (Å²) in [6.07, 6.45) is 0. The van der Waals surface area contributed by atoms with Crippen LogP contribution in [0.2, 0.25) is 0 Å². The summed E-state index contributed by atoms with van der Waals surface area (Å²) in [5, 5.41) is 6.31. The molecule has 0 radical (unpaired) electrons. The van der Waals surface area contributed by atoms with E-state index in [1.807, 2.05) is 5.38 Å². The largest absolute Gasteiger partial charge is 0.494 e. The molecule has 0 aliphatic carbocycles. The maximum Gasteiger partial charge on any atom is 0.167 e. The van der Waals surface area contributed by atoms with Gasteiger partial charge in [0.25, 0.3) is 0 Å². The summed E-state index contributed by atoms with van der Waals surface area (Å²) >= 11 is 1.66. The predicted molar refractivity (Wildman–Crippen MR) is 81.1 cm³/mol. The predicted octanol–water partition coefficient (Wildman–Crippen LogP) is 4.20. The Morgan fingerprint density at radius 1 is 1.35 bits per heavy atom. The van der Waals surface area contributed by atoms with Crippen LogP contribution in [0.25, 0.3) is 0 Å². The van der Waals surface area contributed by atoms with E-state index in [0.717, 1.165) is 10.7 Å². The van der Waals surface area contributed by atoms with Gasteiger partial charge in [0.2, 0.25) is 0 Å². The molecular weight excluding hydrogens is 275 g/mol. The van der Waals surface area contributed by atoms with Crippen LogP contribution in [-0.4, -0.2) is 12.1 Å². The van der Waals surface area contributed by atoms with Crippen LogP contribution in [0.4, 0.5) is 10.1 Å². The second-order valence-corrected chi connectivity index (χ2v) is 6.45. The monoisotopic (exact) mass is 294 g/mol. The molecule has 2 rings (SSSR count). The Labute approximate surface area is 122 Å². The summed E-state index contributed by atoms with van der Waals surface area (Å²) in [7, 11) is 1.45. The first-order chi connectivity index (χ1) is 9.40. The van der Waals surface area contributed by atoms with Gasteiger partial charge in [-0.05, 0) is 12.1 Å². The highest BCUT2D eigenvalue weighted by Gasteiger charge is 2.17. The number of ether oxygens (including phenoxy) is 1. The number of halogens is 1. The molecule has 1 aromatic heterocycles. The Morgan fingerprint density at radius 3 is 2.65 bits per heavy atom. The van der Waals surface area contributed by atoms with Gasteiger partial charge in [-0.15, -0.1) is 11.3 Å². The van der Waals surface area contributed by atoms with E-state index >= 15 is 0 Å². The normalized spacial score (nSPS) is 11.4. The van der Waals surface area contributed by atoms with Crippen LogP contribution < -0.4 is 10.1 Å². The fourth-order valence-electron chi connectivity index (χ4n) is 1.70. The Bertz CT molecular complexity index is 590. The molecule has 1 N–H and O–H groups in total. The standard InChI is InChI=1S/C15H19FN2OS/c1-15(2,3)14-18-11(9-20-14)8-17-10-5-6-13(19-4)12(16)7-10/h5-7,9,17H,8H2,1-4H3. The number of methoxy groups -OCH3 is 1. The summed E-state index contributed by atoms with van der Waals surface area (Å²) < 4.78 is 18.4. The van der Waals surface area contributed by atoms with Crippen LogP contribution in [0, 0.1) is 5.82 Å². The van der Waals surface area contributed by atoms with E-state index in [2.05, 4.69) is 31.1 Å². The number of rotatable bonds is 4. The van der Waals surface area contributed by atoms with Gasteiger partial charge in [-0.1, -0.05) is 20.8 Å². The average Bonchev–Trinajstić information content (AvgIpc) is 2.85. The van der Waals surface area contributed by atoms with Gasteiger partial charge >= 0.3 is 0 Å². The number of thiazole rings is 1. The van der Waals surface area contributed by atoms with Gasteiger partial charge in [-0.2, -0.15) is 0 Å². The quantitative estimate of drug-likeness (QED) is 0.917. The molecule has 1 heterocycles. The number of aromatic nitrogens is 1. The maximum absolute atomic E-state index is 13.6. The van der Waals surface area contributed by atoms with Crippen molar-refractivity contribution in [2.75, 3.05) is 12.4 Å². The highest BCUT2D eigenvalue weighted by molar-refractivity contribution is 7.09. The van der Waals surface area contributed by atoms with Gasteiger partial charge in [0, 0.05) is 22.5 Å². The summed E-state index contributed by atoms with van der Waals surface area (Å²) in [5.41, 5.74) is 1.75. The van der Waals surface area contributed by atoms with Crippen LogP contribution in [-0.2, 0) is 12.0 Å². The molecule has 0 amide bonds. The minimum atomic E-state index is -0.369. The number of hydrogen-bond acceptors (Lipinski definition) is 4. The molecule has 0 aliphatic rings. The summed E-state index contributed by atoms with van der Waals surface area (Å²) in [6, 6.07) is 4.83. The van der Waals surface area contributed by atoms with Crippen molar-refractivity contribution in [2.24, 2.45) is 0 Å². The fraction of sp³-hybridized carbons (Fsp3) is 0.400. The van der Waals surface area contributed by atoms with Crippen molar-refractivity contribution in [3.63, 3.8) is 0 Å². The Balaban J connectivity index is 2.02. The second-order valence-electron chi connectivity index (χ2n) is 5.60. The lowest BCUT2D eigenvalue weighted by Crippen LogP contribution is -2.11. The first-order valence-corrected chi connectivity index (χ1v) is 7.30. The Kier molecular flexibility index (Phi) is 4.28. The summed E-state index contributed by atoms with van der Waals surface area (Å²) in [4.78, 5) is 4.59. The van der Waals surface area contributed by atoms with E-state index in [0.29, 0.717) is 12.2 Å². The lowest BCUT2D eigenvalue weighted by atomic mass is 9.98. The van der Waals surface area contributed by atoms with Crippen molar-refractivity contribution in [3.05, 3.63) is 40.1 Å². The van der Waals surface area contributed by atoms with Crippen LogP contribution in [0.15, 0.2) is 23.6 Å². The molecule has 0 spiro atoms. The third-order valence-corrected chi connectivity index (χ3v) is 4.14. The lowest BCUT2D eigenvalue weighted by molar-refractivity contribution is 0.386. The van der Waals surface area contributed by atoms with Crippen molar-refractivity contribution < 1.29 is 9.13 Å². The number of hydrogen-bond donors (Lipinski definition) is 1. The minimum absolute atomic E-state index is 0.0646. The van der Waals surface area contributed by atoms with Crippen molar-refractivity contribution in [2.45, 2.75) is 32.7 Å². The topological polar surface area (TPSA) is 34.1 Å². The molecular formula is C15H19FN2OS. The zero-order chi connectivity index (χ0) is 14.8. The van der Waals surface area contributed by atoms with Gasteiger partial charge in [-0.25, -0.2) is 9.37 Å². The molecule has 3 nitrogen and oxygen atoms in total. The van der Waals surface area contributed by atoms with Crippen molar-refractivity contribution >= 4 is 17.0 Å². The summed E-state index contributed by atoms with van der Waals surface area (Å²) in [6.45, 7) is 7.00. The third kappa shape index (κ3) is 3.48. The van der Waals surface area contributed by atoms with Gasteiger partial charge in [0.15, 0.2) is 11.6 Å². The molecule has 0 unspecified atom stereocenters. The molecule has 0 bridgehead atoms. The molecule has 2 aromatic rings. The van der Waals surface area contributed by atoms with Gasteiger partial charge in [-0.3, -0.25) is 0 Å². The number of benzene rings is 1. The van der Waals surface area contributed by atoms with Crippen molar-refractivity contribution in [3.8, 4) is 5.75 Å². The molecule has 0 saturated heterocycles. The van der Waals surface area contributed by atoms with E-state index < -0.39 is 0 Å². The zero-order valence-corrected chi connectivity index (χ0v) is 13.0. The van der Waals surface area contributed by atoms with E-state index in [4.69, 9.17) is 4.74 Å². The molecule has 20 heavy (non-hydrogen) atoms. The highest BCUT2D eigenvalue weighted by Crippen LogP contribution is 2.26. The number of nitrogens with one attached hydrogen (secondary N) is 1. The van der Waals surface area contributed by atoms with E-state index in [1.165, 1.54) is 13.2 Å². The second kappa shape index (κ2) is 5.79. The zero-order valence-electron chi connectivity index (χ0n) is 12.2. The first-order valence-electron chi connectivity index (χ1n) is 6.42. The van der Waals surface area contributed by atoms with Crippen LogP contribution in [0.3, 0.4) is 0 Å². The van der Waals surface area contributed by atoms with Crippen molar-refractivity contribution in [1.82, 2.24) is 4.98 Å². The van der Waals surface area contributed by atoms with Gasteiger partial charge < -0.3 is 10.1 Å². The minimum Gasteiger partial charge on any atom is -0.494 e. The molecule has 108 valence electrons. The molecule has 0 aliphatic heterocycles. The maximum atomic E-state index is 13.6. The van der Waals surface area contributed by atoms with Gasteiger partial charge in [0.05, 0.1) is 24.4 Å². The molecule has 1 aromatic carbocycles. The van der Waals surface area contributed by atoms with Gasteiger partial charge in [0.1, 0.15) is 0 Å². The Morgan fingerprint density at radius 2 is 2.10 bits per heavy atom. The summed E-state index contributed by atoms with van der Waals surface area (Å²) in [5.74, 6) is -0.120. The third-order valence-electron chi connectivity index (χ3n) is 2.82. The Hall–Kier alpha value is -1.62. The fourth-order valence-corrected chi connectivity index (χ4v) is 2.61. The van der Waals surface area contributed by atoms with Crippen LogP contribution >= 0.6 is 11.3 Å². The molecule has 5 heteroatoms. The lowest BCUT2D eigenvalue weighted by Gasteiger charge is -2.13. The van der Waals surface area contributed by atoms with E-state index in [1.54, 1.807) is 23.5 Å². The smallest absolute Gasteiger partial charge is 0.167 e. The average molecular weight is 294 g/mol. The van der Waals surface area contributed by atoms with Crippen molar-refractivity contribution in [1.29, 1.82) is 0 Å². The van der Waals surface area contributed by atoms with E-state index in [-0.39, 0.29) is 17.0 Å². The van der Waals surface area contributed by atoms with Crippen LogP contribution in [0.5, 0.6) is 5.75 Å². The first kappa shape index (κ1) is 14.8. The SMILES string of the molecule is COc1ccc(NCc2csc(C(C)(C)C)n2)cc1F. The molecule has 0 atom stereocenters. The number of nitrogens with zero attached hydrogens (tertiary/aromatic N) is 1. The highest BCUT2D eigenvalue weighted by atomic mass is 32.1. The van der Waals surface area contributed by atoms with Crippen LogP contribution in [0.1, 0.15) is 31.5 Å². The molecule has 0 fully saturated rings.